The van der Waals surface area contributed by atoms with Crippen LogP contribution < -0.4 is 14.2 Å². The van der Waals surface area contributed by atoms with Gasteiger partial charge in [-0.05, 0) is 62.1 Å². The van der Waals surface area contributed by atoms with Crippen molar-refractivity contribution in [3.8, 4) is 17.2 Å². The molecule has 124 valence electrons. The van der Waals surface area contributed by atoms with Crippen LogP contribution in [-0.4, -0.2) is 20.3 Å². The Kier molecular flexibility index (Phi) is 6.60. The molecule has 0 amide bonds. The van der Waals surface area contributed by atoms with Crippen molar-refractivity contribution < 1.29 is 14.2 Å². The van der Waals surface area contributed by atoms with Crippen LogP contribution >= 0.6 is 11.6 Å². The van der Waals surface area contributed by atoms with E-state index in [9.17, 15) is 0 Å². The smallest absolute Gasteiger partial charge is 0.122 e. The van der Waals surface area contributed by atoms with Crippen molar-refractivity contribution in [1.29, 1.82) is 0 Å². The molecule has 0 aliphatic rings. The third-order valence-corrected chi connectivity index (χ3v) is 4.19. The summed E-state index contributed by atoms with van der Waals surface area (Å²) in [5.74, 6) is 2.54. The van der Waals surface area contributed by atoms with Crippen LogP contribution in [-0.2, 0) is 0 Å². The Hall–Kier alpha value is -1.87. The number of benzene rings is 2. The molecule has 23 heavy (non-hydrogen) atoms. The fourth-order valence-corrected chi connectivity index (χ4v) is 2.39. The predicted molar refractivity (Wildman–Crippen MR) is 94.1 cm³/mol. The molecule has 0 aromatic heterocycles. The van der Waals surface area contributed by atoms with E-state index in [2.05, 4.69) is 0 Å². The zero-order valence-electron chi connectivity index (χ0n) is 13.9. The highest BCUT2D eigenvalue weighted by Gasteiger charge is 2.05. The molecule has 4 heteroatoms. The maximum absolute atomic E-state index is 6.09. The van der Waals surface area contributed by atoms with Gasteiger partial charge in [-0.2, -0.15) is 0 Å². The number of hydrogen-bond donors (Lipinski definition) is 0. The third-order valence-electron chi connectivity index (χ3n) is 3.78. The number of rotatable bonds is 8. The largest absolute Gasteiger partial charge is 0.497 e. The molecule has 0 unspecified atom stereocenters. The average molecular weight is 335 g/mol. The zero-order valence-corrected chi connectivity index (χ0v) is 14.7. The van der Waals surface area contributed by atoms with Gasteiger partial charge in [0.05, 0.1) is 20.3 Å². The summed E-state index contributed by atoms with van der Waals surface area (Å²) in [5, 5.41) is 0.779. The second-order valence-corrected chi connectivity index (χ2v) is 5.79. The van der Waals surface area contributed by atoms with Gasteiger partial charge in [-0.1, -0.05) is 17.7 Å². The maximum Gasteiger partial charge on any atom is 0.122 e. The summed E-state index contributed by atoms with van der Waals surface area (Å²) in [6.45, 7) is 5.37. The monoisotopic (exact) mass is 334 g/mol. The molecule has 0 spiro atoms. The van der Waals surface area contributed by atoms with Crippen LogP contribution in [0.4, 0.5) is 0 Å². The first-order valence-corrected chi connectivity index (χ1v) is 8.15. The fraction of sp³-hybridized carbons (Fsp3) is 0.368. The molecule has 2 aromatic carbocycles. The normalized spacial score (nSPS) is 10.4. The lowest BCUT2D eigenvalue weighted by Gasteiger charge is -2.12. The van der Waals surface area contributed by atoms with Crippen molar-refractivity contribution in [2.24, 2.45) is 0 Å². The van der Waals surface area contributed by atoms with Gasteiger partial charge in [-0.3, -0.25) is 0 Å². The lowest BCUT2D eigenvalue weighted by molar-refractivity contribution is 0.265. The van der Waals surface area contributed by atoms with Gasteiger partial charge >= 0.3 is 0 Å². The molecule has 0 saturated heterocycles. The Balaban J connectivity index is 1.69. The summed E-state index contributed by atoms with van der Waals surface area (Å²) in [4.78, 5) is 0. The Morgan fingerprint density at radius 2 is 1.57 bits per heavy atom. The molecule has 0 N–H and O–H groups in total. The van der Waals surface area contributed by atoms with Gasteiger partial charge in [-0.15, -0.1) is 0 Å². The standard InChI is InChI=1S/C19H23ClO3/c1-14-15(2)19(10-9-18(14)20)23-12-5-4-11-22-17-8-6-7-16(13-17)21-3/h6-10,13H,4-5,11-12H2,1-3H3. The van der Waals surface area contributed by atoms with Crippen molar-refractivity contribution in [3.63, 3.8) is 0 Å². The molecule has 0 aliphatic carbocycles. The molecule has 0 heterocycles. The van der Waals surface area contributed by atoms with Crippen LogP contribution in [0.25, 0.3) is 0 Å². The highest BCUT2D eigenvalue weighted by Crippen LogP contribution is 2.27. The molecule has 0 saturated carbocycles. The van der Waals surface area contributed by atoms with Crippen LogP contribution in [0, 0.1) is 13.8 Å². The van der Waals surface area contributed by atoms with E-state index in [0.717, 1.165) is 46.2 Å². The average Bonchev–Trinajstić information content (AvgIpc) is 2.57. The van der Waals surface area contributed by atoms with Gasteiger partial charge in [0, 0.05) is 11.1 Å². The highest BCUT2D eigenvalue weighted by atomic mass is 35.5. The molecule has 3 nitrogen and oxygen atoms in total. The van der Waals surface area contributed by atoms with E-state index in [-0.39, 0.29) is 0 Å². The van der Waals surface area contributed by atoms with Crippen LogP contribution in [0.3, 0.4) is 0 Å². The Bertz CT molecular complexity index is 641. The summed E-state index contributed by atoms with van der Waals surface area (Å²) >= 11 is 6.09. The Morgan fingerprint density at radius 3 is 2.30 bits per heavy atom. The summed E-state index contributed by atoms with van der Waals surface area (Å²) in [6.07, 6.45) is 1.87. The van der Waals surface area contributed by atoms with Crippen LogP contribution in [0.5, 0.6) is 17.2 Å². The summed E-state index contributed by atoms with van der Waals surface area (Å²) < 4.78 is 16.7. The first-order valence-electron chi connectivity index (χ1n) is 7.77. The lowest BCUT2D eigenvalue weighted by Crippen LogP contribution is -2.03. The molecule has 0 fully saturated rings. The van der Waals surface area contributed by atoms with Crippen molar-refractivity contribution in [3.05, 3.63) is 52.5 Å². The van der Waals surface area contributed by atoms with E-state index in [1.165, 1.54) is 0 Å². The van der Waals surface area contributed by atoms with Gasteiger partial charge in [0.15, 0.2) is 0 Å². The Morgan fingerprint density at radius 1 is 0.870 bits per heavy atom. The van der Waals surface area contributed by atoms with E-state index < -0.39 is 0 Å². The quantitative estimate of drug-likeness (QED) is 0.621. The highest BCUT2D eigenvalue weighted by molar-refractivity contribution is 6.31. The second kappa shape index (κ2) is 8.68. The van der Waals surface area contributed by atoms with Crippen molar-refractivity contribution in [2.75, 3.05) is 20.3 Å². The summed E-state index contributed by atoms with van der Waals surface area (Å²) in [7, 11) is 1.65. The van der Waals surface area contributed by atoms with Crippen LogP contribution in [0.1, 0.15) is 24.0 Å². The van der Waals surface area contributed by atoms with E-state index in [1.807, 2.05) is 50.2 Å². The number of hydrogen-bond acceptors (Lipinski definition) is 3. The van der Waals surface area contributed by atoms with Gasteiger partial charge in [-0.25, -0.2) is 0 Å². The number of methoxy groups -OCH3 is 1. The first-order chi connectivity index (χ1) is 11.1. The van der Waals surface area contributed by atoms with Crippen molar-refractivity contribution in [2.45, 2.75) is 26.7 Å². The minimum Gasteiger partial charge on any atom is -0.497 e. The Labute approximate surface area is 143 Å². The minimum absolute atomic E-state index is 0.662. The number of ether oxygens (including phenoxy) is 3. The lowest BCUT2D eigenvalue weighted by atomic mass is 10.1. The maximum atomic E-state index is 6.09. The summed E-state index contributed by atoms with van der Waals surface area (Å²) in [6, 6.07) is 11.4. The summed E-state index contributed by atoms with van der Waals surface area (Å²) in [5.41, 5.74) is 2.18. The van der Waals surface area contributed by atoms with Gasteiger partial charge < -0.3 is 14.2 Å². The van der Waals surface area contributed by atoms with Crippen molar-refractivity contribution >= 4 is 11.6 Å². The first kappa shape index (κ1) is 17.5. The van der Waals surface area contributed by atoms with E-state index in [0.29, 0.717) is 13.2 Å². The molecule has 0 bridgehead atoms. The molecule has 0 aliphatic heterocycles. The minimum atomic E-state index is 0.662. The molecule has 2 rings (SSSR count). The molecule has 0 radical (unpaired) electrons. The van der Waals surface area contributed by atoms with Crippen LogP contribution in [0.15, 0.2) is 36.4 Å². The van der Waals surface area contributed by atoms with E-state index in [4.69, 9.17) is 25.8 Å². The molecular weight excluding hydrogens is 312 g/mol. The third kappa shape index (κ3) is 5.07. The van der Waals surface area contributed by atoms with Crippen molar-refractivity contribution in [1.82, 2.24) is 0 Å². The zero-order chi connectivity index (χ0) is 16.7. The SMILES string of the molecule is COc1cccc(OCCCCOc2ccc(Cl)c(C)c2C)c1. The van der Waals surface area contributed by atoms with E-state index >= 15 is 0 Å². The molecular formula is C19H23ClO3. The number of halogens is 1. The molecule has 2 aromatic rings. The predicted octanol–water partition coefficient (Wildman–Crippen LogP) is 5.20. The van der Waals surface area contributed by atoms with Gasteiger partial charge in [0.2, 0.25) is 0 Å². The number of unbranched alkanes of at least 4 members (excludes halogenated alkanes) is 1. The van der Waals surface area contributed by atoms with Gasteiger partial charge in [0.25, 0.3) is 0 Å². The van der Waals surface area contributed by atoms with Gasteiger partial charge in [0.1, 0.15) is 17.2 Å². The van der Waals surface area contributed by atoms with Crippen LogP contribution in [0.2, 0.25) is 5.02 Å². The second-order valence-electron chi connectivity index (χ2n) is 5.38. The van der Waals surface area contributed by atoms with E-state index in [1.54, 1.807) is 7.11 Å². The fourth-order valence-electron chi connectivity index (χ4n) is 2.19. The molecule has 0 atom stereocenters. The topological polar surface area (TPSA) is 27.7 Å².